The normalized spacial score (nSPS) is 10.5. The van der Waals surface area contributed by atoms with Gasteiger partial charge in [-0.15, -0.1) is 0 Å². The molecule has 6 aromatic rings. The highest BCUT2D eigenvalue weighted by Crippen LogP contribution is 2.37. The van der Waals surface area contributed by atoms with Crippen molar-refractivity contribution in [2.24, 2.45) is 0 Å². The molecule has 7 nitrogen and oxygen atoms in total. The quantitative estimate of drug-likeness (QED) is 0.182. The number of rotatable bonds is 8. The third-order valence-electron chi connectivity index (χ3n) is 6.48. The molecular weight excluding hydrogens is 567 g/mol. The van der Waals surface area contributed by atoms with Gasteiger partial charge in [0.2, 0.25) is 0 Å². The SMILES string of the molecule is COc1ccc(Sc2ccc3[nH]cc(C#N)c3c2)cc1OC.COc1ccc(Sc2ccc3[nH]ccc3c2)cc1OC. The maximum absolute atomic E-state index is 9.12. The molecule has 0 unspecified atom stereocenters. The maximum Gasteiger partial charge on any atom is 0.161 e. The molecule has 0 radical (unpaired) electrons. The first-order valence-electron chi connectivity index (χ1n) is 12.9. The van der Waals surface area contributed by atoms with E-state index in [1.165, 1.54) is 10.3 Å². The molecule has 0 saturated heterocycles. The number of aromatic nitrogens is 2. The Morgan fingerprint density at radius 1 is 0.571 bits per heavy atom. The van der Waals surface area contributed by atoms with Gasteiger partial charge in [0, 0.05) is 53.8 Å². The lowest BCUT2D eigenvalue weighted by molar-refractivity contribution is 0.354. The Hall–Kier alpha value is -4.65. The second kappa shape index (κ2) is 13.3. The summed E-state index contributed by atoms with van der Waals surface area (Å²) in [6, 6.07) is 28.5. The van der Waals surface area contributed by atoms with Crippen molar-refractivity contribution in [2.75, 3.05) is 28.4 Å². The van der Waals surface area contributed by atoms with Gasteiger partial charge in [-0.2, -0.15) is 5.26 Å². The molecule has 0 amide bonds. The summed E-state index contributed by atoms with van der Waals surface area (Å²) >= 11 is 3.32. The monoisotopic (exact) mass is 595 g/mol. The minimum Gasteiger partial charge on any atom is -0.493 e. The number of benzene rings is 4. The number of hydrogen-bond acceptors (Lipinski definition) is 7. The molecule has 0 atom stereocenters. The van der Waals surface area contributed by atoms with Gasteiger partial charge in [0.15, 0.2) is 23.0 Å². The molecule has 212 valence electrons. The van der Waals surface area contributed by atoms with E-state index in [2.05, 4.69) is 40.3 Å². The van der Waals surface area contributed by atoms with Crippen molar-refractivity contribution in [1.29, 1.82) is 5.26 Å². The summed E-state index contributed by atoms with van der Waals surface area (Å²) in [5.74, 6) is 2.91. The number of nitriles is 1. The second-order valence-corrected chi connectivity index (χ2v) is 11.3. The molecule has 6 rings (SSSR count). The molecule has 0 aliphatic carbocycles. The topological polar surface area (TPSA) is 92.3 Å². The number of methoxy groups -OCH3 is 4. The molecule has 0 bridgehead atoms. The molecule has 0 saturated carbocycles. The van der Waals surface area contributed by atoms with Crippen LogP contribution in [0.3, 0.4) is 0 Å². The van der Waals surface area contributed by atoms with E-state index in [4.69, 9.17) is 24.2 Å². The number of hydrogen-bond donors (Lipinski definition) is 2. The van der Waals surface area contributed by atoms with Crippen LogP contribution in [0.4, 0.5) is 0 Å². The minimum atomic E-state index is 0.657. The van der Waals surface area contributed by atoms with Crippen LogP contribution in [-0.2, 0) is 0 Å². The van der Waals surface area contributed by atoms with Crippen LogP contribution < -0.4 is 18.9 Å². The van der Waals surface area contributed by atoms with Crippen molar-refractivity contribution in [3.63, 3.8) is 0 Å². The van der Waals surface area contributed by atoms with E-state index in [1.54, 1.807) is 58.2 Å². The fourth-order valence-electron chi connectivity index (χ4n) is 4.38. The smallest absolute Gasteiger partial charge is 0.161 e. The number of ether oxygens (including phenoxy) is 4. The molecule has 0 spiro atoms. The van der Waals surface area contributed by atoms with Gasteiger partial charge < -0.3 is 28.9 Å². The van der Waals surface area contributed by atoms with Crippen LogP contribution in [0.25, 0.3) is 21.8 Å². The zero-order valence-corrected chi connectivity index (χ0v) is 25.2. The molecule has 0 aliphatic rings. The van der Waals surface area contributed by atoms with Crippen LogP contribution >= 0.6 is 23.5 Å². The summed E-state index contributed by atoms with van der Waals surface area (Å²) in [6.45, 7) is 0. The third-order valence-corrected chi connectivity index (χ3v) is 8.44. The third kappa shape index (κ3) is 6.46. The average Bonchev–Trinajstić information content (AvgIpc) is 3.67. The molecule has 2 aromatic heterocycles. The number of nitrogens with one attached hydrogen (secondary N) is 2. The Morgan fingerprint density at radius 2 is 1.10 bits per heavy atom. The van der Waals surface area contributed by atoms with Crippen molar-refractivity contribution in [1.82, 2.24) is 9.97 Å². The van der Waals surface area contributed by atoms with E-state index in [-0.39, 0.29) is 0 Å². The number of nitrogens with zero attached hydrogens (tertiary/aromatic N) is 1. The summed E-state index contributed by atoms with van der Waals surface area (Å²) in [7, 11) is 6.54. The largest absolute Gasteiger partial charge is 0.493 e. The highest BCUT2D eigenvalue weighted by atomic mass is 32.2. The fraction of sp³-hybridized carbons (Fsp3) is 0.121. The number of aromatic amines is 2. The molecule has 2 heterocycles. The predicted octanol–water partition coefficient (Wildman–Crippen LogP) is 8.54. The lowest BCUT2D eigenvalue weighted by Gasteiger charge is -2.09. The average molecular weight is 596 g/mol. The van der Waals surface area contributed by atoms with Gasteiger partial charge in [0.25, 0.3) is 0 Å². The van der Waals surface area contributed by atoms with Crippen LogP contribution in [0.15, 0.2) is 111 Å². The van der Waals surface area contributed by atoms with E-state index in [1.807, 2.05) is 60.8 Å². The summed E-state index contributed by atoms with van der Waals surface area (Å²) in [4.78, 5) is 10.7. The van der Waals surface area contributed by atoms with Gasteiger partial charge in [0.1, 0.15) is 6.07 Å². The molecule has 0 aliphatic heterocycles. The Morgan fingerprint density at radius 3 is 1.67 bits per heavy atom. The van der Waals surface area contributed by atoms with Gasteiger partial charge in [-0.25, -0.2) is 0 Å². The van der Waals surface area contributed by atoms with Gasteiger partial charge >= 0.3 is 0 Å². The Balaban J connectivity index is 0.000000169. The fourth-order valence-corrected chi connectivity index (χ4v) is 6.17. The van der Waals surface area contributed by atoms with E-state index in [0.29, 0.717) is 17.1 Å². The molecule has 4 aromatic carbocycles. The first-order valence-corrected chi connectivity index (χ1v) is 14.6. The molecule has 0 fully saturated rings. The zero-order valence-electron chi connectivity index (χ0n) is 23.6. The second-order valence-electron chi connectivity index (χ2n) is 8.99. The predicted molar refractivity (Wildman–Crippen MR) is 169 cm³/mol. The minimum absolute atomic E-state index is 0.657. The van der Waals surface area contributed by atoms with Crippen molar-refractivity contribution < 1.29 is 18.9 Å². The Kier molecular flexibility index (Phi) is 9.17. The first kappa shape index (κ1) is 28.9. The maximum atomic E-state index is 9.12. The van der Waals surface area contributed by atoms with Crippen molar-refractivity contribution in [3.05, 3.63) is 96.8 Å². The van der Waals surface area contributed by atoms with Gasteiger partial charge in [-0.3, -0.25) is 0 Å². The van der Waals surface area contributed by atoms with E-state index in [9.17, 15) is 0 Å². The number of fused-ring (bicyclic) bond motifs is 2. The first-order chi connectivity index (χ1) is 20.5. The van der Waals surface area contributed by atoms with Crippen molar-refractivity contribution in [3.8, 4) is 29.1 Å². The molecule has 9 heteroatoms. The van der Waals surface area contributed by atoms with Crippen LogP contribution in [0.5, 0.6) is 23.0 Å². The standard InChI is InChI=1S/C17H14N2O2S.C16H15NO2S/c1-20-16-6-4-13(8-17(16)21-2)22-12-3-5-15-14(7-12)11(9-18)10-19-15;1-18-15-6-4-13(10-16(15)19-2)20-12-3-5-14-11(9-12)7-8-17-14/h3-8,10,19H,1-2H3;3-10,17H,1-2H3. The molecule has 2 N–H and O–H groups in total. The number of H-pyrrole nitrogens is 2. The van der Waals surface area contributed by atoms with Crippen LogP contribution in [0.1, 0.15) is 5.56 Å². The Labute approximate surface area is 252 Å². The van der Waals surface area contributed by atoms with Crippen molar-refractivity contribution >= 4 is 45.3 Å². The summed E-state index contributed by atoms with van der Waals surface area (Å²) in [5, 5.41) is 11.3. The van der Waals surface area contributed by atoms with Crippen LogP contribution in [0.2, 0.25) is 0 Å². The summed E-state index contributed by atoms with van der Waals surface area (Å²) in [5.41, 5.74) is 2.78. The van der Waals surface area contributed by atoms with Crippen LogP contribution in [0, 0.1) is 11.3 Å². The zero-order chi connectivity index (χ0) is 29.5. The summed E-state index contributed by atoms with van der Waals surface area (Å²) < 4.78 is 21.1. The van der Waals surface area contributed by atoms with Gasteiger partial charge in [-0.1, -0.05) is 23.5 Å². The van der Waals surface area contributed by atoms with Gasteiger partial charge in [0.05, 0.1) is 34.0 Å². The van der Waals surface area contributed by atoms with Crippen LogP contribution in [-0.4, -0.2) is 38.4 Å². The lowest BCUT2D eigenvalue weighted by atomic mass is 10.2. The van der Waals surface area contributed by atoms with E-state index < -0.39 is 0 Å². The highest BCUT2D eigenvalue weighted by molar-refractivity contribution is 7.99. The lowest BCUT2D eigenvalue weighted by Crippen LogP contribution is -1.90. The van der Waals surface area contributed by atoms with E-state index in [0.717, 1.165) is 42.6 Å². The highest BCUT2D eigenvalue weighted by Gasteiger charge is 2.09. The van der Waals surface area contributed by atoms with Gasteiger partial charge in [-0.05, 0) is 78.9 Å². The molecule has 42 heavy (non-hydrogen) atoms. The molecular formula is C33H29N3O4S2. The van der Waals surface area contributed by atoms with E-state index >= 15 is 0 Å². The Bertz CT molecular complexity index is 1870. The van der Waals surface area contributed by atoms with Crippen molar-refractivity contribution in [2.45, 2.75) is 19.6 Å². The summed E-state index contributed by atoms with van der Waals surface area (Å²) in [6.07, 6.45) is 3.69.